The van der Waals surface area contributed by atoms with Crippen molar-refractivity contribution in [2.24, 2.45) is 0 Å². The van der Waals surface area contributed by atoms with Gasteiger partial charge in [-0.25, -0.2) is 4.79 Å². The zero-order valence-electron chi connectivity index (χ0n) is 13.0. The third-order valence-corrected chi connectivity index (χ3v) is 3.44. The van der Waals surface area contributed by atoms with Gasteiger partial charge in [-0.05, 0) is 25.1 Å². The van der Waals surface area contributed by atoms with Crippen molar-refractivity contribution in [3.63, 3.8) is 0 Å². The Kier molecular flexibility index (Phi) is 3.90. The van der Waals surface area contributed by atoms with Gasteiger partial charge in [-0.15, -0.1) is 0 Å². The number of amides is 1. The maximum absolute atomic E-state index is 12.1. The van der Waals surface area contributed by atoms with Crippen LogP contribution in [0.3, 0.4) is 0 Å². The molecule has 9 heteroatoms. The topological polar surface area (TPSA) is 122 Å². The maximum atomic E-state index is 12.1. The highest BCUT2D eigenvalue weighted by Gasteiger charge is 2.09. The summed E-state index contributed by atoms with van der Waals surface area (Å²) in [6.45, 7) is 1.35. The molecule has 0 unspecified atom stereocenters. The summed E-state index contributed by atoms with van der Waals surface area (Å²) < 4.78 is 6.15. The lowest BCUT2D eigenvalue weighted by molar-refractivity contribution is -0.116. The van der Waals surface area contributed by atoms with E-state index in [9.17, 15) is 14.4 Å². The van der Waals surface area contributed by atoms with E-state index >= 15 is 0 Å². The molecule has 0 aliphatic rings. The number of ether oxygens (including phenoxy) is 1. The molecule has 0 saturated heterocycles. The average Bonchev–Trinajstić information content (AvgIpc) is 2.95. The summed E-state index contributed by atoms with van der Waals surface area (Å²) >= 11 is 0. The van der Waals surface area contributed by atoms with Crippen molar-refractivity contribution in [1.29, 1.82) is 0 Å². The van der Waals surface area contributed by atoms with Crippen LogP contribution in [0, 0.1) is 6.92 Å². The van der Waals surface area contributed by atoms with Crippen molar-refractivity contribution < 1.29 is 9.53 Å². The zero-order chi connectivity index (χ0) is 17.3. The van der Waals surface area contributed by atoms with Gasteiger partial charge in [0.15, 0.2) is 0 Å². The van der Waals surface area contributed by atoms with E-state index in [0.717, 1.165) is 4.57 Å². The first-order valence-corrected chi connectivity index (χ1v) is 7.10. The first-order valence-electron chi connectivity index (χ1n) is 7.10. The van der Waals surface area contributed by atoms with Gasteiger partial charge in [0, 0.05) is 17.4 Å². The molecule has 3 aromatic rings. The highest BCUT2D eigenvalue weighted by atomic mass is 16.5. The van der Waals surface area contributed by atoms with Gasteiger partial charge in [0.2, 0.25) is 5.91 Å². The third-order valence-electron chi connectivity index (χ3n) is 3.44. The van der Waals surface area contributed by atoms with Crippen LogP contribution in [0.5, 0.6) is 6.01 Å². The summed E-state index contributed by atoms with van der Waals surface area (Å²) in [7, 11) is 1.50. The molecule has 124 valence electrons. The molecule has 1 amide bonds. The molecule has 3 rings (SSSR count). The van der Waals surface area contributed by atoms with Crippen LogP contribution in [-0.2, 0) is 11.3 Å². The predicted octanol–water partition coefficient (Wildman–Crippen LogP) is 0.369. The van der Waals surface area contributed by atoms with E-state index in [0.29, 0.717) is 28.3 Å². The Hall–Kier alpha value is -3.36. The lowest BCUT2D eigenvalue weighted by Crippen LogP contribution is -2.34. The Balaban J connectivity index is 1.78. The van der Waals surface area contributed by atoms with Gasteiger partial charge < -0.3 is 15.0 Å². The number of carbonyl (C=O) groups excluding carboxylic acids is 1. The summed E-state index contributed by atoms with van der Waals surface area (Å²) in [6, 6.07) is 5.52. The van der Waals surface area contributed by atoms with E-state index in [2.05, 4.69) is 20.3 Å². The monoisotopic (exact) mass is 329 g/mol. The molecule has 0 radical (unpaired) electrons. The molecular formula is C15H15N5O4. The fraction of sp³-hybridized carbons (Fsp3) is 0.200. The number of methoxy groups -OCH3 is 1. The molecule has 0 fully saturated rings. The van der Waals surface area contributed by atoms with Gasteiger partial charge in [-0.1, -0.05) is 0 Å². The Morgan fingerprint density at radius 3 is 2.88 bits per heavy atom. The molecule has 0 aliphatic carbocycles. The highest BCUT2D eigenvalue weighted by molar-refractivity contribution is 5.93. The Morgan fingerprint density at radius 1 is 1.33 bits per heavy atom. The van der Waals surface area contributed by atoms with Crippen LogP contribution in [0.4, 0.5) is 5.69 Å². The summed E-state index contributed by atoms with van der Waals surface area (Å²) in [5.74, 6) is -0.394. The molecule has 2 heterocycles. The number of nitrogens with zero attached hydrogens (tertiary/aromatic N) is 2. The minimum Gasteiger partial charge on any atom is -0.468 e. The molecule has 0 bridgehead atoms. The normalized spacial score (nSPS) is 10.8. The number of benzene rings is 1. The number of hydrogen-bond acceptors (Lipinski definition) is 5. The van der Waals surface area contributed by atoms with Gasteiger partial charge in [0.25, 0.3) is 11.6 Å². The van der Waals surface area contributed by atoms with Crippen LogP contribution in [0.25, 0.3) is 11.0 Å². The number of aryl methyl sites for hydroxylation is 1. The lowest BCUT2D eigenvalue weighted by atomic mass is 10.2. The van der Waals surface area contributed by atoms with E-state index in [4.69, 9.17) is 4.74 Å². The van der Waals surface area contributed by atoms with Gasteiger partial charge in [0.05, 0.1) is 18.1 Å². The van der Waals surface area contributed by atoms with Crippen molar-refractivity contribution in [3.05, 3.63) is 50.8 Å². The maximum Gasteiger partial charge on any atom is 0.328 e. The average molecular weight is 329 g/mol. The highest BCUT2D eigenvalue weighted by Crippen LogP contribution is 2.19. The van der Waals surface area contributed by atoms with E-state index in [1.807, 2.05) is 0 Å². The van der Waals surface area contributed by atoms with Crippen molar-refractivity contribution in [1.82, 2.24) is 19.5 Å². The molecule has 24 heavy (non-hydrogen) atoms. The molecule has 1 aromatic carbocycles. The number of aromatic amines is 2. The number of nitrogens with one attached hydrogen (secondary N) is 3. The predicted molar refractivity (Wildman–Crippen MR) is 87.3 cm³/mol. The second-order valence-corrected chi connectivity index (χ2v) is 5.23. The van der Waals surface area contributed by atoms with E-state index in [1.165, 1.54) is 13.3 Å². The smallest absolute Gasteiger partial charge is 0.328 e. The minimum atomic E-state index is -0.630. The van der Waals surface area contributed by atoms with Gasteiger partial charge in [-0.3, -0.25) is 19.1 Å². The zero-order valence-corrected chi connectivity index (χ0v) is 13.0. The van der Waals surface area contributed by atoms with Crippen molar-refractivity contribution in [2.45, 2.75) is 13.5 Å². The van der Waals surface area contributed by atoms with Crippen molar-refractivity contribution in [2.75, 3.05) is 12.4 Å². The van der Waals surface area contributed by atoms with Crippen LogP contribution in [-0.4, -0.2) is 32.5 Å². The number of anilines is 1. The molecule has 0 aliphatic heterocycles. The van der Waals surface area contributed by atoms with E-state index in [-0.39, 0.29) is 6.54 Å². The Bertz CT molecular complexity index is 1030. The number of aromatic nitrogens is 4. The molecule has 0 saturated carbocycles. The van der Waals surface area contributed by atoms with Crippen molar-refractivity contribution >= 4 is 22.6 Å². The Labute approximate surface area is 135 Å². The second-order valence-electron chi connectivity index (χ2n) is 5.23. The minimum absolute atomic E-state index is 0.208. The van der Waals surface area contributed by atoms with Crippen LogP contribution in [0.15, 0.2) is 34.0 Å². The van der Waals surface area contributed by atoms with Gasteiger partial charge in [0.1, 0.15) is 6.54 Å². The van der Waals surface area contributed by atoms with Crippen molar-refractivity contribution in [3.8, 4) is 6.01 Å². The molecule has 0 atom stereocenters. The molecule has 9 nitrogen and oxygen atoms in total. The standard InChI is InChI=1S/C15H15N5O4/c1-8-6-20(15(23)19-13(8)22)7-12(21)16-9-3-4-10-11(5-9)18-14(17-10)24-2/h3-6H,7H2,1-2H3,(H,16,21)(H,17,18)(H,19,22,23). The van der Waals surface area contributed by atoms with Gasteiger partial charge in [-0.2, -0.15) is 4.98 Å². The SMILES string of the molecule is COc1nc2ccc(NC(=O)Cn3cc(C)c(=O)[nH]c3=O)cc2[nH]1. The fourth-order valence-corrected chi connectivity index (χ4v) is 2.25. The number of fused-ring (bicyclic) bond motifs is 1. The first kappa shape index (κ1) is 15.5. The van der Waals surface area contributed by atoms with Crippen LogP contribution < -0.4 is 21.3 Å². The van der Waals surface area contributed by atoms with Crippen LogP contribution in [0.1, 0.15) is 5.56 Å². The fourth-order valence-electron chi connectivity index (χ4n) is 2.25. The summed E-state index contributed by atoms with van der Waals surface area (Å²) in [5.41, 5.74) is 1.23. The van der Waals surface area contributed by atoms with E-state index in [1.54, 1.807) is 25.1 Å². The van der Waals surface area contributed by atoms with Crippen LogP contribution >= 0.6 is 0 Å². The van der Waals surface area contributed by atoms with E-state index < -0.39 is 17.2 Å². The first-order chi connectivity index (χ1) is 11.5. The molecule has 2 aromatic heterocycles. The number of rotatable bonds is 4. The third kappa shape index (κ3) is 3.05. The number of imidazole rings is 1. The van der Waals surface area contributed by atoms with Crippen LogP contribution in [0.2, 0.25) is 0 Å². The molecule has 3 N–H and O–H groups in total. The Morgan fingerprint density at radius 2 is 2.12 bits per heavy atom. The lowest BCUT2D eigenvalue weighted by Gasteiger charge is -2.07. The number of carbonyl (C=O) groups is 1. The quantitative estimate of drug-likeness (QED) is 0.638. The summed E-state index contributed by atoms with van der Waals surface area (Å²) in [6.07, 6.45) is 1.35. The second kappa shape index (κ2) is 6.03. The van der Waals surface area contributed by atoms with Gasteiger partial charge >= 0.3 is 5.69 Å². The molecular weight excluding hydrogens is 314 g/mol. The number of H-pyrrole nitrogens is 2. The summed E-state index contributed by atoms with van der Waals surface area (Å²) in [5, 5.41) is 2.69. The molecule has 0 spiro atoms. The largest absolute Gasteiger partial charge is 0.468 e. The summed E-state index contributed by atoms with van der Waals surface area (Å²) in [4.78, 5) is 44.4. The number of hydrogen-bond donors (Lipinski definition) is 3.